The first-order chi connectivity index (χ1) is 12.2. The summed E-state index contributed by atoms with van der Waals surface area (Å²) in [6.45, 7) is 4.10. The van der Waals surface area contributed by atoms with Crippen LogP contribution in [0.1, 0.15) is 49.7 Å². The van der Waals surface area contributed by atoms with Crippen LogP contribution in [0.5, 0.6) is 0 Å². The van der Waals surface area contributed by atoms with Crippen LogP contribution in [0.25, 0.3) is 0 Å². The summed E-state index contributed by atoms with van der Waals surface area (Å²) in [5.74, 6) is 0.793. The highest BCUT2D eigenvalue weighted by molar-refractivity contribution is 5.41. The molecule has 1 aliphatic heterocycles. The Balaban J connectivity index is 1.22. The Hall–Kier alpha value is -1.41. The molecule has 3 unspecified atom stereocenters. The number of likely N-dealkylation sites (tertiary alicyclic amines) is 1. The molecule has 4 atom stereocenters. The minimum Gasteiger partial charge on any atom is -0.392 e. The number of fused-ring (bicyclic) bond motifs is 1. The number of hydrogen-bond donors (Lipinski definition) is 2. The van der Waals surface area contributed by atoms with E-state index in [0.29, 0.717) is 11.5 Å². The molecule has 4 rings (SSSR count). The first-order valence-electron chi connectivity index (χ1n) is 9.84. The van der Waals surface area contributed by atoms with Crippen molar-refractivity contribution in [3.63, 3.8) is 0 Å². The molecule has 3 aliphatic rings. The Morgan fingerprint density at radius 1 is 1.36 bits per heavy atom. The summed E-state index contributed by atoms with van der Waals surface area (Å²) in [5, 5.41) is 22.5. The van der Waals surface area contributed by atoms with Crippen LogP contribution in [0.3, 0.4) is 0 Å². The predicted molar refractivity (Wildman–Crippen MR) is 98.3 cm³/mol. The van der Waals surface area contributed by atoms with Crippen LogP contribution in [0.15, 0.2) is 24.3 Å². The van der Waals surface area contributed by atoms with Crippen molar-refractivity contribution >= 4 is 0 Å². The third-order valence-electron chi connectivity index (χ3n) is 6.64. The average Bonchev–Trinajstić information content (AvgIpc) is 3.24. The SMILES string of the molecule is N#Cc1cccc(C23CCC(NCCCN4CC[C@H](O)C4)CC2C3)c1. The first kappa shape index (κ1) is 17.0. The zero-order valence-electron chi connectivity index (χ0n) is 15.0. The quantitative estimate of drug-likeness (QED) is 0.782. The molecule has 25 heavy (non-hydrogen) atoms. The van der Waals surface area contributed by atoms with Crippen molar-refractivity contribution in [3.05, 3.63) is 35.4 Å². The van der Waals surface area contributed by atoms with Gasteiger partial charge in [-0.25, -0.2) is 0 Å². The van der Waals surface area contributed by atoms with Crippen LogP contribution in [-0.4, -0.2) is 48.3 Å². The molecule has 3 fully saturated rings. The van der Waals surface area contributed by atoms with Gasteiger partial charge < -0.3 is 15.3 Å². The van der Waals surface area contributed by atoms with Gasteiger partial charge in [0.05, 0.1) is 17.7 Å². The fraction of sp³-hybridized carbons (Fsp3) is 0.667. The fourth-order valence-electron chi connectivity index (χ4n) is 5.09. The lowest BCUT2D eigenvalue weighted by Gasteiger charge is -2.29. The van der Waals surface area contributed by atoms with Crippen molar-refractivity contribution < 1.29 is 5.11 Å². The van der Waals surface area contributed by atoms with E-state index in [0.717, 1.165) is 44.1 Å². The highest BCUT2D eigenvalue weighted by Gasteiger charge is 2.57. The van der Waals surface area contributed by atoms with Crippen LogP contribution in [0.2, 0.25) is 0 Å². The lowest BCUT2D eigenvalue weighted by Crippen LogP contribution is -2.36. The van der Waals surface area contributed by atoms with Crippen LogP contribution < -0.4 is 5.32 Å². The lowest BCUT2D eigenvalue weighted by atomic mass is 9.80. The molecular weight excluding hydrogens is 310 g/mol. The molecule has 2 saturated carbocycles. The molecule has 0 amide bonds. The predicted octanol–water partition coefficient (Wildman–Crippen LogP) is 2.41. The number of hydrogen-bond acceptors (Lipinski definition) is 4. The van der Waals surface area contributed by atoms with Gasteiger partial charge in [-0.1, -0.05) is 12.1 Å². The van der Waals surface area contributed by atoms with E-state index in [1.807, 2.05) is 12.1 Å². The lowest BCUT2D eigenvalue weighted by molar-refractivity contribution is 0.175. The summed E-state index contributed by atoms with van der Waals surface area (Å²) in [6.07, 6.45) is 7.08. The van der Waals surface area contributed by atoms with Gasteiger partial charge in [0.15, 0.2) is 0 Å². The Labute approximate surface area is 150 Å². The molecule has 134 valence electrons. The van der Waals surface area contributed by atoms with E-state index >= 15 is 0 Å². The number of nitrogens with zero attached hydrogens (tertiary/aromatic N) is 2. The van der Waals surface area contributed by atoms with E-state index in [1.54, 1.807) is 0 Å². The van der Waals surface area contributed by atoms with Crippen molar-refractivity contribution in [2.45, 2.75) is 56.1 Å². The first-order valence-corrected chi connectivity index (χ1v) is 9.84. The summed E-state index contributed by atoms with van der Waals surface area (Å²) >= 11 is 0. The minimum absolute atomic E-state index is 0.103. The molecule has 1 aromatic rings. The minimum atomic E-state index is -0.103. The number of benzene rings is 1. The standard InChI is InChI=1S/C21H29N3O/c22-14-16-3-1-4-17(11-16)21-7-5-19(12-18(21)13-21)23-8-2-9-24-10-6-20(25)15-24/h1,3-4,11,18-20,23,25H,2,5-10,12-13,15H2/t18?,19?,20-,21?/m0/s1. The van der Waals surface area contributed by atoms with Gasteiger partial charge in [-0.15, -0.1) is 0 Å². The summed E-state index contributed by atoms with van der Waals surface area (Å²) in [6, 6.07) is 11.2. The van der Waals surface area contributed by atoms with E-state index in [4.69, 9.17) is 5.26 Å². The molecule has 1 aromatic carbocycles. The molecular formula is C21H29N3O. The summed E-state index contributed by atoms with van der Waals surface area (Å²) in [7, 11) is 0. The van der Waals surface area contributed by atoms with Gasteiger partial charge in [0.2, 0.25) is 0 Å². The largest absolute Gasteiger partial charge is 0.392 e. The molecule has 4 nitrogen and oxygen atoms in total. The number of β-amino-alcohol motifs (C(OH)–C–C–N with tert-alkyl or cyclic N) is 1. The van der Waals surface area contributed by atoms with Crippen molar-refractivity contribution in [1.29, 1.82) is 5.26 Å². The Bertz CT molecular complexity index is 655. The molecule has 0 bridgehead atoms. The Morgan fingerprint density at radius 2 is 2.28 bits per heavy atom. The highest BCUT2D eigenvalue weighted by Crippen LogP contribution is 2.62. The van der Waals surface area contributed by atoms with Crippen LogP contribution in [0.4, 0.5) is 0 Å². The maximum Gasteiger partial charge on any atom is 0.0991 e. The number of aliphatic hydroxyl groups is 1. The Morgan fingerprint density at radius 3 is 3.04 bits per heavy atom. The van der Waals surface area contributed by atoms with E-state index in [9.17, 15) is 5.11 Å². The van der Waals surface area contributed by atoms with Gasteiger partial charge >= 0.3 is 0 Å². The maximum atomic E-state index is 9.57. The van der Waals surface area contributed by atoms with Gasteiger partial charge in [0, 0.05) is 19.1 Å². The van der Waals surface area contributed by atoms with Crippen LogP contribution >= 0.6 is 0 Å². The smallest absolute Gasteiger partial charge is 0.0991 e. The number of aliphatic hydroxyl groups excluding tert-OH is 1. The van der Waals surface area contributed by atoms with Crippen molar-refractivity contribution in [1.82, 2.24) is 10.2 Å². The van der Waals surface area contributed by atoms with Gasteiger partial charge in [0.1, 0.15) is 0 Å². The summed E-state index contributed by atoms with van der Waals surface area (Å²) in [4.78, 5) is 2.38. The Kier molecular flexibility index (Phi) is 4.82. The van der Waals surface area contributed by atoms with E-state index in [-0.39, 0.29) is 6.10 Å². The third-order valence-corrected chi connectivity index (χ3v) is 6.64. The van der Waals surface area contributed by atoms with E-state index < -0.39 is 0 Å². The second-order valence-corrected chi connectivity index (χ2v) is 8.27. The highest BCUT2D eigenvalue weighted by atomic mass is 16.3. The number of rotatable bonds is 6. The van der Waals surface area contributed by atoms with Crippen molar-refractivity contribution in [3.8, 4) is 6.07 Å². The monoisotopic (exact) mass is 339 g/mol. The van der Waals surface area contributed by atoms with Gasteiger partial charge in [-0.2, -0.15) is 5.26 Å². The molecule has 2 aliphatic carbocycles. The molecule has 0 aromatic heterocycles. The maximum absolute atomic E-state index is 9.57. The normalized spacial score (nSPS) is 34.5. The zero-order chi connectivity index (χ0) is 17.3. The molecule has 1 heterocycles. The summed E-state index contributed by atoms with van der Waals surface area (Å²) in [5.41, 5.74) is 2.56. The van der Waals surface area contributed by atoms with Crippen molar-refractivity contribution in [2.75, 3.05) is 26.2 Å². The topological polar surface area (TPSA) is 59.3 Å². The molecule has 4 heteroatoms. The van der Waals surface area contributed by atoms with E-state index in [2.05, 4.69) is 28.4 Å². The van der Waals surface area contributed by atoms with E-state index in [1.165, 1.54) is 37.7 Å². The number of nitriles is 1. The molecule has 0 radical (unpaired) electrons. The van der Waals surface area contributed by atoms with Crippen LogP contribution in [0, 0.1) is 17.2 Å². The average molecular weight is 339 g/mol. The second kappa shape index (κ2) is 7.07. The number of nitrogens with one attached hydrogen (secondary N) is 1. The molecule has 2 N–H and O–H groups in total. The fourth-order valence-corrected chi connectivity index (χ4v) is 5.09. The van der Waals surface area contributed by atoms with Gasteiger partial charge in [0.25, 0.3) is 0 Å². The zero-order valence-corrected chi connectivity index (χ0v) is 15.0. The molecule has 1 saturated heterocycles. The van der Waals surface area contributed by atoms with Gasteiger partial charge in [-0.3, -0.25) is 0 Å². The third kappa shape index (κ3) is 3.60. The van der Waals surface area contributed by atoms with Gasteiger partial charge in [-0.05, 0) is 80.6 Å². The summed E-state index contributed by atoms with van der Waals surface area (Å²) < 4.78 is 0. The second-order valence-electron chi connectivity index (χ2n) is 8.27. The van der Waals surface area contributed by atoms with Crippen LogP contribution in [-0.2, 0) is 5.41 Å². The molecule has 0 spiro atoms. The van der Waals surface area contributed by atoms with Crippen molar-refractivity contribution in [2.24, 2.45) is 5.92 Å².